The van der Waals surface area contributed by atoms with Gasteiger partial charge in [-0.3, -0.25) is 4.89 Å². The molecule has 0 aromatic heterocycles. The van der Waals surface area contributed by atoms with Gasteiger partial charge in [0.05, 0.1) is 5.04 Å². The second-order valence-electron chi connectivity index (χ2n) is 3.33. The van der Waals surface area contributed by atoms with Crippen LogP contribution in [0.15, 0.2) is 5.16 Å². The first-order chi connectivity index (χ1) is 6.36. The predicted octanol–water partition coefficient (Wildman–Crippen LogP) is 2.80. The predicted molar refractivity (Wildman–Crippen MR) is 48.6 cm³/mol. The lowest BCUT2D eigenvalue weighted by Crippen LogP contribution is -2.07. The third-order valence-corrected chi connectivity index (χ3v) is 2.31. The van der Waals surface area contributed by atoms with E-state index in [9.17, 15) is 0 Å². The van der Waals surface area contributed by atoms with E-state index in [-0.39, 0.29) is 0 Å². The van der Waals surface area contributed by atoms with Crippen LogP contribution in [0.25, 0.3) is 0 Å². The minimum atomic E-state index is 0.558. The lowest BCUT2D eigenvalue weighted by atomic mass is 9.96. The van der Waals surface area contributed by atoms with Crippen LogP contribution < -0.4 is 0 Å². The Balaban J connectivity index is 2.21. The van der Waals surface area contributed by atoms with Crippen molar-refractivity contribution in [2.24, 2.45) is 11.1 Å². The molecule has 0 radical (unpaired) electrons. The molecular formula is C9H17NO3. The van der Waals surface area contributed by atoms with Crippen molar-refractivity contribution in [2.75, 3.05) is 0 Å². The van der Waals surface area contributed by atoms with Crippen molar-refractivity contribution in [2.45, 2.75) is 46.0 Å². The maximum atomic E-state index is 4.69. The van der Waals surface area contributed by atoms with E-state index in [1.165, 1.54) is 19.3 Å². The second-order valence-corrected chi connectivity index (χ2v) is 3.33. The summed E-state index contributed by atoms with van der Waals surface area (Å²) in [6, 6.07) is 0. The van der Waals surface area contributed by atoms with E-state index in [2.05, 4.69) is 29.0 Å². The summed E-state index contributed by atoms with van der Waals surface area (Å²) in [6.45, 7) is 4.38. The summed E-state index contributed by atoms with van der Waals surface area (Å²) in [5, 5.41) is 7.81. The van der Waals surface area contributed by atoms with Gasteiger partial charge in [0.25, 0.3) is 5.90 Å². The smallest absolute Gasteiger partial charge is 0.276 e. The van der Waals surface area contributed by atoms with Crippen molar-refractivity contribution >= 4 is 5.90 Å². The highest BCUT2D eigenvalue weighted by Gasteiger charge is 2.17. The fraction of sp³-hybridized carbons (Fsp3) is 0.889. The molecule has 1 atom stereocenters. The molecule has 0 N–H and O–H groups in total. The molecule has 0 aliphatic carbocycles. The SMILES string of the molecule is CCCCC(CC)CC1=NOOO1. The Morgan fingerprint density at radius 1 is 1.38 bits per heavy atom. The molecule has 0 spiro atoms. The van der Waals surface area contributed by atoms with Crippen molar-refractivity contribution in [3.05, 3.63) is 0 Å². The van der Waals surface area contributed by atoms with Crippen LogP contribution in [-0.2, 0) is 14.9 Å². The maximum Gasteiger partial charge on any atom is 0.276 e. The van der Waals surface area contributed by atoms with Gasteiger partial charge in [-0.1, -0.05) is 33.1 Å². The monoisotopic (exact) mass is 187 g/mol. The van der Waals surface area contributed by atoms with E-state index < -0.39 is 0 Å². The van der Waals surface area contributed by atoms with Crippen LogP contribution in [-0.4, -0.2) is 5.90 Å². The van der Waals surface area contributed by atoms with Crippen LogP contribution in [0.4, 0.5) is 0 Å². The highest BCUT2D eigenvalue weighted by molar-refractivity contribution is 5.75. The molecule has 4 heteroatoms. The van der Waals surface area contributed by atoms with Crippen molar-refractivity contribution in [3.8, 4) is 0 Å². The van der Waals surface area contributed by atoms with Crippen LogP contribution in [0.1, 0.15) is 46.0 Å². The van der Waals surface area contributed by atoms with Crippen molar-refractivity contribution < 1.29 is 14.9 Å². The fourth-order valence-corrected chi connectivity index (χ4v) is 1.39. The van der Waals surface area contributed by atoms with Gasteiger partial charge in [0.15, 0.2) is 0 Å². The van der Waals surface area contributed by atoms with Gasteiger partial charge in [-0.25, -0.2) is 0 Å². The number of hydrogen-bond donors (Lipinski definition) is 0. The van der Waals surface area contributed by atoms with Crippen molar-refractivity contribution in [1.82, 2.24) is 0 Å². The normalized spacial score (nSPS) is 17.5. The first-order valence-electron chi connectivity index (χ1n) is 4.94. The summed E-state index contributed by atoms with van der Waals surface area (Å²) >= 11 is 0. The summed E-state index contributed by atoms with van der Waals surface area (Å²) in [7, 11) is 0. The first-order valence-corrected chi connectivity index (χ1v) is 4.94. The Morgan fingerprint density at radius 3 is 2.77 bits per heavy atom. The molecule has 1 aliphatic heterocycles. The maximum absolute atomic E-state index is 4.69. The number of nitrogens with zero attached hydrogens (tertiary/aromatic N) is 1. The zero-order chi connectivity index (χ0) is 9.52. The number of unbranched alkanes of at least 4 members (excludes halogenated alkanes) is 1. The largest absolute Gasteiger partial charge is 0.278 e. The molecule has 76 valence electrons. The molecule has 0 amide bonds. The van der Waals surface area contributed by atoms with Crippen LogP contribution in [0.3, 0.4) is 0 Å². The molecular weight excluding hydrogens is 170 g/mol. The standard InChI is InChI=1S/C9H17NO3/c1-3-5-6-8(4-2)7-9-10-12-13-11-9/h8H,3-7H2,1-2H3. The summed E-state index contributed by atoms with van der Waals surface area (Å²) in [5.74, 6) is 1.19. The van der Waals surface area contributed by atoms with E-state index in [4.69, 9.17) is 4.89 Å². The highest BCUT2D eigenvalue weighted by atomic mass is 17.6. The Hall–Kier alpha value is -0.770. The lowest BCUT2D eigenvalue weighted by Gasteiger charge is -2.11. The second kappa shape index (κ2) is 5.80. The van der Waals surface area contributed by atoms with E-state index in [1.54, 1.807) is 0 Å². The summed E-state index contributed by atoms with van der Waals surface area (Å²) in [6.07, 6.45) is 5.67. The van der Waals surface area contributed by atoms with Gasteiger partial charge in [0, 0.05) is 6.42 Å². The minimum absolute atomic E-state index is 0.558. The molecule has 4 nitrogen and oxygen atoms in total. The topological polar surface area (TPSA) is 40.0 Å². The molecule has 13 heavy (non-hydrogen) atoms. The number of rotatable bonds is 6. The molecule has 0 saturated carbocycles. The van der Waals surface area contributed by atoms with Crippen LogP contribution >= 0.6 is 0 Å². The zero-order valence-corrected chi connectivity index (χ0v) is 8.28. The van der Waals surface area contributed by atoms with E-state index >= 15 is 0 Å². The van der Waals surface area contributed by atoms with Gasteiger partial charge in [-0.15, -0.1) is 0 Å². The molecule has 0 aromatic rings. The number of oxime groups is 1. The Morgan fingerprint density at radius 2 is 2.23 bits per heavy atom. The van der Waals surface area contributed by atoms with Gasteiger partial charge in [0.2, 0.25) is 0 Å². The van der Waals surface area contributed by atoms with Crippen molar-refractivity contribution in [1.29, 1.82) is 0 Å². The molecule has 1 rings (SSSR count). The minimum Gasteiger partial charge on any atom is -0.278 e. The van der Waals surface area contributed by atoms with Gasteiger partial charge in [-0.2, -0.15) is 4.99 Å². The first kappa shape index (κ1) is 10.3. The molecule has 0 saturated heterocycles. The Labute approximate surface area is 78.7 Å². The zero-order valence-electron chi connectivity index (χ0n) is 8.28. The average Bonchev–Trinajstić information content (AvgIpc) is 2.64. The van der Waals surface area contributed by atoms with Gasteiger partial charge in [0.1, 0.15) is 0 Å². The fourth-order valence-electron chi connectivity index (χ4n) is 1.39. The van der Waals surface area contributed by atoms with E-state index in [0.717, 1.165) is 12.8 Å². The van der Waals surface area contributed by atoms with Gasteiger partial charge in [-0.05, 0) is 17.5 Å². The number of hydrogen-bond acceptors (Lipinski definition) is 4. The van der Waals surface area contributed by atoms with Crippen LogP contribution in [0.5, 0.6) is 0 Å². The summed E-state index contributed by atoms with van der Waals surface area (Å²) < 4.78 is 0. The van der Waals surface area contributed by atoms with Gasteiger partial charge < -0.3 is 0 Å². The molecule has 1 heterocycles. The van der Waals surface area contributed by atoms with Gasteiger partial charge >= 0.3 is 0 Å². The molecule has 0 fully saturated rings. The summed E-state index contributed by atoms with van der Waals surface area (Å²) in [4.78, 5) is 8.97. The molecule has 1 unspecified atom stereocenters. The van der Waals surface area contributed by atoms with E-state index in [0.29, 0.717) is 11.8 Å². The molecule has 0 bridgehead atoms. The molecule has 1 aliphatic rings. The van der Waals surface area contributed by atoms with Crippen LogP contribution in [0.2, 0.25) is 0 Å². The quantitative estimate of drug-likeness (QED) is 0.600. The lowest BCUT2D eigenvalue weighted by molar-refractivity contribution is -0.452. The third-order valence-electron chi connectivity index (χ3n) is 2.31. The molecule has 0 aromatic carbocycles. The van der Waals surface area contributed by atoms with Crippen molar-refractivity contribution in [3.63, 3.8) is 0 Å². The average molecular weight is 187 g/mol. The summed E-state index contributed by atoms with van der Waals surface area (Å²) in [5.41, 5.74) is 0. The Bertz CT molecular complexity index is 170. The third kappa shape index (κ3) is 3.63. The Kier molecular flexibility index (Phi) is 4.60. The highest BCUT2D eigenvalue weighted by Crippen LogP contribution is 2.19. The van der Waals surface area contributed by atoms with Crippen LogP contribution in [0, 0.1) is 5.92 Å². The van der Waals surface area contributed by atoms with E-state index in [1.807, 2.05) is 0 Å².